The molecule has 0 aliphatic heterocycles. The fraction of sp³-hybridized carbons (Fsp3) is 0.222. The average Bonchev–Trinajstić information content (AvgIpc) is 2.04. The van der Waals surface area contributed by atoms with Gasteiger partial charge in [0.25, 0.3) is 0 Å². The molecule has 0 unspecified atom stereocenters. The van der Waals surface area contributed by atoms with Gasteiger partial charge in [-0.1, -0.05) is 12.1 Å². The Balaban J connectivity index is 2.51. The van der Waals surface area contributed by atoms with Gasteiger partial charge in [-0.25, -0.2) is 0 Å². The highest BCUT2D eigenvalue weighted by Gasteiger charge is 2.24. The van der Waals surface area contributed by atoms with Crippen molar-refractivity contribution < 1.29 is 13.2 Å². The van der Waals surface area contributed by atoms with E-state index < -0.39 is 12.6 Å². The second-order valence-electron chi connectivity index (χ2n) is 2.48. The number of hydrogen-bond donors (Lipinski definition) is 0. The second kappa shape index (κ2) is 4.07. The first-order valence-electron chi connectivity index (χ1n) is 3.72. The van der Waals surface area contributed by atoms with Crippen molar-refractivity contribution in [1.29, 1.82) is 0 Å². The molecule has 0 amide bonds. The van der Waals surface area contributed by atoms with Crippen molar-refractivity contribution in [3.8, 4) is 0 Å². The molecular weight excluding hydrogens is 179 g/mol. The molecule has 1 heterocycles. The lowest BCUT2D eigenvalue weighted by Gasteiger charge is -1.99. The Bertz CT molecular complexity index is 277. The molecule has 0 radical (unpaired) electrons. The second-order valence-corrected chi connectivity index (χ2v) is 2.48. The first-order chi connectivity index (χ1) is 6.08. The Morgan fingerprint density at radius 1 is 1.31 bits per heavy atom. The lowest BCUT2D eigenvalue weighted by molar-refractivity contribution is -0.124. The summed E-state index contributed by atoms with van der Waals surface area (Å²) in [5.74, 6) is 0. The monoisotopic (exact) mass is 187 g/mol. The molecule has 0 bridgehead atoms. The standard InChI is InChI=1S/C9H8F3N/c10-9(11,12)6-3-5-8-4-1-2-7-13-8/h1-5,7H,6H2/b5-3+. The zero-order chi connectivity index (χ0) is 9.73. The maximum Gasteiger partial charge on any atom is 0.392 e. The molecule has 1 aromatic rings. The zero-order valence-electron chi connectivity index (χ0n) is 6.75. The largest absolute Gasteiger partial charge is 0.392 e. The number of alkyl halides is 3. The van der Waals surface area contributed by atoms with E-state index in [4.69, 9.17) is 0 Å². The van der Waals surface area contributed by atoms with Gasteiger partial charge in [0.1, 0.15) is 0 Å². The van der Waals surface area contributed by atoms with Gasteiger partial charge in [0.15, 0.2) is 0 Å². The molecule has 1 aromatic heterocycles. The van der Waals surface area contributed by atoms with Crippen LogP contribution in [0.25, 0.3) is 6.08 Å². The lowest BCUT2D eigenvalue weighted by Crippen LogP contribution is -2.03. The van der Waals surface area contributed by atoms with Crippen LogP contribution in [0.5, 0.6) is 0 Å². The Morgan fingerprint density at radius 3 is 2.62 bits per heavy atom. The van der Waals surface area contributed by atoms with Gasteiger partial charge in [0.05, 0.1) is 12.1 Å². The highest BCUT2D eigenvalue weighted by Crippen LogP contribution is 2.20. The molecular formula is C9H8F3N. The van der Waals surface area contributed by atoms with E-state index in [-0.39, 0.29) is 0 Å². The minimum absolute atomic E-state index is 0.534. The van der Waals surface area contributed by atoms with Crippen LogP contribution in [-0.2, 0) is 0 Å². The number of nitrogens with zero attached hydrogens (tertiary/aromatic N) is 1. The SMILES string of the molecule is FC(F)(F)C/C=C/c1ccccn1. The van der Waals surface area contributed by atoms with E-state index >= 15 is 0 Å². The van der Waals surface area contributed by atoms with Gasteiger partial charge in [-0.05, 0) is 18.2 Å². The van der Waals surface area contributed by atoms with Crippen molar-refractivity contribution in [3.63, 3.8) is 0 Å². The van der Waals surface area contributed by atoms with Gasteiger partial charge in [-0.3, -0.25) is 4.98 Å². The highest BCUT2D eigenvalue weighted by atomic mass is 19.4. The van der Waals surface area contributed by atoms with Crippen LogP contribution in [0, 0.1) is 0 Å². The molecule has 1 rings (SSSR count). The van der Waals surface area contributed by atoms with Gasteiger partial charge >= 0.3 is 6.18 Å². The first kappa shape index (κ1) is 9.77. The molecule has 13 heavy (non-hydrogen) atoms. The number of aromatic nitrogens is 1. The molecule has 0 aromatic carbocycles. The summed E-state index contributed by atoms with van der Waals surface area (Å²) in [7, 11) is 0. The topological polar surface area (TPSA) is 12.9 Å². The molecule has 1 nitrogen and oxygen atoms in total. The maximum absolute atomic E-state index is 11.7. The van der Waals surface area contributed by atoms with Gasteiger partial charge in [0, 0.05) is 6.20 Å². The smallest absolute Gasteiger partial charge is 0.257 e. The summed E-state index contributed by atoms with van der Waals surface area (Å²) >= 11 is 0. The normalized spacial score (nSPS) is 12.2. The van der Waals surface area contributed by atoms with Gasteiger partial charge in [-0.2, -0.15) is 13.2 Å². The number of halogens is 3. The Morgan fingerprint density at radius 2 is 2.08 bits per heavy atom. The quantitative estimate of drug-likeness (QED) is 0.693. The number of hydrogen-bond acceptors (Lipinski definition) is 1. The predicted molar refractivity (Wildman–Crippen MR) is 43.9 cm³/mol. The molecule has 0 spiro atoms. The summed E-state index contributed by atoms with van der Waals surface area (Å²) in [5.41, 5.74) is 0.534. The van der Waals surface area contributed by atoms with Crippen molar-refractivity contribution in [2.24, 2.45) is 0 Å². The van der Waals surface area contributed by atoms with Crippen molar-refractivity contribution in [2.75, 3.05) is 0 Å². The van der Waals surface area contributed by atoms with Crippen LogP contribution >= 0.6 is 0 Å². The molecule has 0 saturated heterocycles. The predicted octanol–water partition coefficient (Wildman–Crippen LogP) is 3.05. The summed E-state index contributed by atoms with van der Waals surface area (Å²) in [6.07, 6.45) is -1.10. The zero-order valence-corrected chi connectivity index (χ0v) is 6.75. The number of rotatable bonds is 2. The van der Waals surface area contributed by atoms with E-state index in [1.807, 2.05) is 0 Å². The van der Waals surface area contributed by atoms with E-state index in [0.29, 0.717) is 5.69 Å². The average molecular weight is 187 g/mol. The molecule has 0 aliphatic carbocycles. The van der Waals surface area contributed by atoms with E-state index in [1.54, 1.807) is 18.2 Å². The third-order valence-electron chi connectivity index (χ3n) is 1.33. The van der Waals surface area contributed by atoms with Gasteiger partial charge in [0.2, 0.25) is 0 Å². The fourth-order valence-electron chi connectivity index (χ4n) is 0.788. The molecule has 0 N–H and O–H groups in total. The van der Waals surface area contributed by atoms with Crippen LogP contribution in [0.3, 0.4) is 0 Å². The van der Waals surface area contributed by atoms with Crippen molar-refractivity contribution in [3.05, 3.63) is 36.2 Å². The molecule has 4 heteroatoms. The molecule has 0 saturated carbocycles. The highest BCUT2D eigenvalue weighted by molar-refractivity contribution is 5.43. The molecule has 0 aliphatic rings. The third kappa shape index (κ3) is 4.30. The summed E-state index contributed by atoms with van der Waals surface area (Å²) < 4.78 is 35.1. The van der Waals surface area contributed by atoms with Crippen molar-refractivity contribution >= 4 is 6.08 Å². The summed E-state index contributed by atoms with van der Waals surface area (Å²) in [4.78, 5) is 3.84. The van der Waals surface area contributed by atoms with Crippen LogP contribution in [-0.4, -0.2) is 11.2 Å². The van der Waals surface area contributed by atoms with Gasteiger partial charge in [-0.15, -0.1) is 0 Å². The number of allylic oxidation sites excluding steroid dienone is 1. The fourth-order valence-corrected chi connectivity index (χ4v) is 0.788. The Kier molecular flexibility index (Phi) is 3.06. The molecule has 0 fully saturated rings. The van der Waals surface area contributed by atoms with Crippen LogP contribution in [0.2, 0.25) is 0 Å². The van der Waals surface area contributed by atoms with E-state index in [9.17, 15) is 13.2 Å². The lowest BCUT2D eigenvalue weighted by atomic mass is 10.3. The van der Waals surface area contributed by atoms with Crippen LogP contribution in [0.15, 0.2) is 30.5 Å². The Hall–Kier alpha value is -1.32. The first-order valence-corrected chi connectivity index (χ1v) is 3.72. The van der Waals surface area contributed by atoms with E-state index in [1.165, 1.54) is 12.3 Å². The summed E-state index contributed by atoms with van der Waals surface area (Å²) in [6.45, 7) is 0. The molecule has 70 valence electrons. The summed E-state index contributed by atoms with van der Waals surface area (Å²) in [6, 6.07) is 5.08. The maximum atomic E-state index is 11.7. The minimum atomic E-state index is -4.13. The van der Waals surface area contributed by atoms with Crippen LogP contribution in [0.4, 0.5) is 13.2 Å². The van der Waals surface area contributed by atoms with E-state index in [0.717, 1.165) is 6.08 Å². The van der Waals surface area contributed by atoms with Crippen LogP contribution < -0.4 is 0 Å². The number of pyridine rings is 1. The van der Waals surface area contributed by atoms with Crippen LogP contribution in [0.1, 0.15) is 12.1 Å². The summed E-state index contributed by atoms with van der Waals surface area (Å²) in [5, 5.41) is 0. The van der Waals surface area contributed by atoms with Crippen molar-refractivity contribution in [1.82, 2.24) is 4.98 Å². The van der Waals surface area contributed by atoms with Gasteiger partial charge < -0.3 is 0 Å². The van der Waals surface area contributed by atoms with Crippen molar-refractivity contribution in [2.45, 2.75) is 12.6 Å². The Labute approximate surface area is 73.9 Å². The molecule has 0 atom stereocenters. The van der Waals surface area contributed by atoms with E-state index in [2.05, 4.69) is 4.98 Å². The minimum Gasteiger partial charge on any atom is -0.257 e. The third-order valence-corrected chi connectivity index (χ3v) is 1.33.